The van der Waals surface area contributed by atoms with Gasteiger partial charge in [0.15, 0.2) is 0 Å². The second-order valence-electron chi connectivity index (χ2n) is 9.10. The molecule has 5 aromatic rings. The zero-order valence-electron chi connectivity index (χ0n) is 20.9. The van der Waals surface area contributed by atoms with Gasteiger partial charge in [0, 0.05) is 29.1 Å². The van der Waals surface area contributed by atoms with Gasteiger partial charge in [0.25, 0.3) is 0 Å². The molecule has 2 aromatic heterocycles. The van der Waals surface area contributed by atoms with E-state index >= 15 is 0 Å². The fraction of sp³-hybridized carbons (Fsp3) is 0.200. The fourth-order valence-electron chi connectivity index (χ4n) is 4.73. The number of aromatic hydroxyl groups is 1. The first-order valence-electron chi connectivity index (χ1n) is 12.0. The monoisotopic (exact) mass is 497 g/mol. The number of carbonyl (C=O) groups is 1. The molecule has 0 saturated carbocycles. The van der Waals surface area contributed by atoms with Crippen LogP contribution in [0.4, 0.5) is 0 Å². The summed E-state index contributed by atoms with van der Waals surface area (Å²) < 4.78 is 17.2. The SMILES string of the molecule is COc1ccc(-c2oc3c(c(C)cc4oc(=O)cc(C)c43)c2CC(=O)NCCc2ccc(O)cc2)cc1. The van der Waals surface area contributed by atoms with Crippen LogP contribution in [-0.2, 0) is 17.6 Å². The molecular formula is C30H27NO6. The van der Waals surface area contributed by atoms with Crippen LogP contribution in [0.5, 0.6) is 11.5 Å². The summed E-state index contributed by atoms with van der Waals surface area (Å²) in [6.45, 7) is 4.23. The second-order valence-corrected chi connectivity index (χ2v) is 9.10. The van der Waals surface area contributed by atoms with Crippen LogP contribution in [0.25, 0.3) is 33.3 Å². The van der Waals surface area contributed by atoms with Crippen molar-refractivity contribution >= 4 is 27.8 Å². The van der Waals surface area contributed by atoms with E-state index in [0.717, 1.165) is 33.2 Å². The number of aryl methyl sites for hydroxylation is 2. The molecule has 0 saturated heterocycles. The molecule has 0 aliphatic rings. The first-order chi connectivity index (χ1) is 17.8. The van der Waals surface area contributed by atoms with Crippen LogP contribution in [0.1, 0.15) is 22.3 Å². The third kappa shape index (κ3) is 4.80. The number of rotatable bonds is 7. The van der Waals surface area contributed by atoms with Crippen molar-refractivity contribution in [2.24, 2.45) is 0 Å². The maximum Gasteiger partial charge on any atom is 0.336 e. The number of benzene rings is 3. The quantitative estimate of drug-likeness (QED) is 0.291. The molecule has 7 heteroatoms. The minimum Gasteiger partial charge on any atom is -0.508 e. The highest BCUT2D eigenvalue weighted by molar-refractivity contribution is 6.09. The molecule has 0 aliphatic carbocycles. The number of nitrogens with one attached hydrogen (secondary N) is 1. The number of carbonyl (C=O) groups excluding carboxylic acids is 1. The average molecular weight is 498 g/mol. The Morgan fingerprint density at radius 2 is 1.65 bits per heavy atom. The Labute approximate surface area is 213 Å². The molecular weight excluding hydrogens is 470 g/mol. The van der Waals surface area contributed by atoms with Gasteiger partial charge in [0.1, 0.15) is 28.4 Å². The van der Waals surface area contributed by atoms with E-state index in [1.807, 2.05) is 56.3 Å². The van der Waals surface area contributed by atoms with E-state index < -0.39 is 5.63 Å². The van der Waals surface area contributed by atoms with Crippen molar-refractivity contribution < 1.29 is 23.5 Å². The zero-order valence-corrected chi connectivity index (χ0v) is 20.9. The van der Waals surface area contributed by atoms with Crippen LogP contribution in [0.15, 0.2) is 74.3 Å². The van der Waals surface area contributed by atoms with E-state index in [1.165, 1.54) is 6.07 Å². The summed E-state index contributed by atoms with van der Waals surface area (Å²) in [7, 11) is 1.61. The molecule has 0 bridgehead atoms. The van der Waals surface area contributed by atoms with Crippen LogP contribution >= 0.6 is 0 Å². The van der Waals surface area contributed by atoms with Crippen LogP contribution in [0.3, 0.4) is 0 Å². The lowest BCUT2D eigenvalue weighted by Crippen LogP contribution is -2.27. The lowest BCUT2D eigenvalue weighted by Gasteiger charge is -2.08. The molecule has 188 valence electrons. The number of hydrogen-bond acceptors (Lipinski definition) is 6. The Morgan fingerprint density at radius 1 is 0.946 bits per heavy atom. The van der Waals surface area contributed by atoms with E-state index in [4.69, 9.17) is 13.6 Å². The first-order valence-corrected chi connectivity index (χ1v) is 12.0. The molecule has 2 N–H and O–H groups in total. The maximum absolute atomic E-state index is 13.1. The summed E-state index contributed by atoms with van der Waals surface area (Å²) >= 11 is 0. The molecule has 0 spiro atoms. The zero-order chi connectivity index (χ0) is 26.1. The van der Waals surface area contributed by atoms with E-state index in [0.29, 0.717) is 41.0 Å². The number of hydrogen-bond donors (Lipinski definition) is 2. The standard InChI is InChI=1S/C30H27NO6/c1-17-14-24-28(18(2)15-26(34)36-24)30-27(17)23(29(37-30)20-6-10-22(35-3)11-7-20)16-25(33)31-13-12-19-4-8-21(32)9-5-19/h4-11,14-15,32H,12-13,16H2,1-3H3,(H,31,33). The van der Waals surface area contributed by atoms with Gasteiger partial charge in [-0.1, -0.05) is 12.1 Å². The lowest BCUT2D eigenvalue weighted by molar-refractivity contribution is -0.120. The minimum atomic E-state index is -0.418. The lowest BCUT2D eigenvalue weighted by atomic mass is 9.97. The van der Waals surface area contributed by atoms with Crippen molar-refractivity contribution in [1.82, 2.24) is 5.32 Å². The van der Waals surface area contributed by atoms with Crippen LogP contribution < -0.4 is 15.7 Å². The Balaban J connectivity index is 1.55. The number of phenolic OH excluding ortho intramolecular Hbond substituents is 1. The number of fused-ring (bicyclic) bond motifs is 3. The van der Waals surface area contributed by atoms with Gasteiger partial charge in [-0.2, -0.15) is 0 Å². The molecule has 37 heavy (non-hydrogen) atoms. The number of furan rings is 1. The van der Waals surface area contributed by atoms with Gasteiger partial charge in [-0.25, -0.2) is 4.79 Å². The predicted octanol–water partition coefficient (Wildman–Crippen LogP) is 5.44. The number of methoxy groups -OCH3 is 1. The molecule has 1 amide bonds. The summed E-state index contributed by atoms with van der Waals surface area (Å²) in [4.78, 5) is 25.1. The number of amides is 1. The topological polar surface area (TPSA) is 102 Å². The smallest absolute Gasteiger partial charge is 0.336 e. The third-order valence-electron chi connectivity index (χ3n) is 6.52. The molecule has 3 aromatic carbocycles. The van der Waals surface area contributed by atoms with Gasteiger partial charge in [0.05, 0.1) is 18.9 Å². The summed E-state index contributed by atoms with van der Waals surface area (Å²) in [5.41, 5.74) is 4.83. The van der Waals surface area contributed by atoms with Crippen molar-refractivity contribution in [3.63, 3.8) is 0 Å². The van der Waals surface area contributed by atoms with Gasteiger partial charge < -0.3 is 24.0 Å². The largest absolute Gasteiger partial charge is 0.508 e. The summed E-state index contributed by atoms with van der Waals surface area (Å²) in [5.74, 6) is 1.38. The second kappa shape index (κ2) is 9.85. The van der Waals surface area contributed by atoms with Gasteiger partial charge >= 0.3 is 5.63 Å². The van der Waals surface area contributed by atoms with E-state index in [9.17, 15) is 14.7 Å². The highest BCUT2D eigenvalue weighted by Crippen LogP contribution is 2.40. The molecule has 0 radical (unpaired) electrons. The van der Waals surface area contributed by atoms with Crippen molar-refractivity contribution in [1.29, 1.82) is 0 Å². The molecule has 2 heterocycles. The minimum absolute atomic E-state index is 0.117. The van der Waals surface area contributed by atoms with Crippen molar-refractivity contribution in [2.45, 2.75) is 26.7 Å². The maximum atomic E-state index is 13.1. The Hall–Kier alpha value is -4.52. The third-order valence-corrected chi connectivity index (χ3v) is 6.52. The van der Waals surface area contributed by atoms with Crippen molar-refractivity contribution in [3.8, 4) is 22.8 Å². The molecule has 5 rings (SSSR count). The first kappa shape index (κ1) is 24.2. The average Bonchev–Trinajstić information content (AvgIpc) is 3.24. The molecule has 0 unspecified atom stereocenters. The van der Waals surface area contributed by atoms with Gasteiger partial charge in [-0.15, -0.1) is 0 Å². The molecule has 0 fully saturated rings. The molecule has 0 aliphatic heterocycles. The summed E-state index contributed by atoms with van der Waals surface area (Å²) in [5, 5.41) is 14.0. The number of ether oxygens (including phenoxy) is 1. The van der Waals surface area contributed by atoms with Crippen molar-refractivity contribution in [3.05, 3.63) is 93.3 Å². The molecule has 7 nitrogen and oxygen atoms in total. The van der Waals surface area contributed by atoms with Crippen LogP contribution in [0, 0.1) is 13.8 Å². The normalized spacial score (nSPS) is 11.2. The van der Waals surface area contributed by atoms with Gasteiger partial charge in [-0.3, -0.25) is 4.79 Å². The van der Waals surface area contributed by atoms with Crippen LogP contribution in [0.2, 0.25) is 0 Å². The van der Waals surface area contributed by atoms with E-state index in [1.54, 1.807) is 19.2 Å². The fourth-order valence-corrected chi connectivity index (χ4v) is 4.73. The van der Waals surface area contributed by atoms with E-state index in [-0.39, 0.29) is 18.1 Å². The highest BCUT2D eigenvalue weighted by Gasteiger charge is 2.23. The Kier molecular flexibility index (Phi) is 6.44. The van der Waals surface area contributed by atoms with E-state index in [2.05, 4.69) is 5.32 Å². The highest BCUT2D eigenvalue weighted by atomic mass is 16.5. The Bertz CT molecular complexity index is 1660. The van der Waals surface area contributed by atoms with Crippen LogP contribution in [-0.4, -0.2) is 24.7 Å². The Morgan fingerprint density at radius 3 is 2.35 bits per heavy atom. The molecule has 0 atom stereocenters. The van der Waals surface area contributed by atoms with Gasteiger partial charge in [0.2, 0.25) is 5.91 Å². The summed E-state index contributed by atoms with van der Waals surface area (Å²) in [6, 6.07) is 17.7. The summed E-state index contributed by atoms with van der Waals surface area (Å²) in [6.07, 6.45) is 0.761. The van der Waals surface area contributed by atoms with Gasteiger partial charge in [-0.05, 0) is 79.4 Å². The predicted molar refractivity (Wildman–Crippen MR) is 142 cm³/mol. The van der Waals surface area contributed by atoms with Crippen molar-refractivity contribution in [2.75, 3.05) is 13.7 Å². The number of phenols is 1.